The second kappa shape index (κ2) is 7.02. The maximum Gasteiger partial charge on any atom is 0.335 e. The summed E-state index contributed by atoms with van der Waals surface area (Å²) in [5.41, 5.74) is 0.614. The standard InChI is InChI=1S/C17H16F2O3/c1-2-3-11-4-5-13(16(19)15(11)18)10-22-14-8-6-12(7-9-14)17(20)21/h4-9H,2-3,10H2,1H3,(H,20,21). The van der Waals surface area contributed by atoms with Gasteiger partial charge in [0.25, 0.3) is 0 Å². The normalized spacial score (nSPS) is 10.5. The molecule has 22 heavy (non-hydrogen) atoms. The Morgan fingerprint density at radius 3 is 2.23 bits per heavy atom. The molecule has 0 saturated carbocycles. The van der Waals surface area contributed by atoms with E-state index < -0.39 is 17.6 Å². The summed E-state index contributed by atoms with van der Waals surface area (Å²) in [6.07, 6.45) is 1.22. The van der Waals surface area contributed by atoms with Crippen molar-refractivity contribution in [2.75, 3.05) is 0 Å². The third-order valence-electron chi connectivity index (χ3n) is 3.26. The maximum absolute atomic E-state index is 13.9. The quantitative estimate of drug-likeness (QED) is 0.870. The molecule has 0 aromatic heterocycles. The zero-order valence-electron chi connectivity index (χ0n) is 12.1. The molecule has 116 valence electrons. The van der Waals surface area contributed by atoms with Crippen LogP contribution in [-0.4, -0.2) is 11.1 Å². The predicted molar refractivity (Wildman–Crippen MR) is 78.1 cm³/mol. The van der Waals surface area contributed by atoms with Gasteiger partial charge in [-0.2, -0.15) is 0 Å². The van der Waals surface area contributed by atoms with Crippen molar-refractivity contribution >= 4 is 5.97 Å². The summed E-state index contributed by atoms with van der Waals surface area (Å²) < 4.78 is 33.1. The second-order valence-electron chi connectivity index (χ2n) is 4.88. The lowest BCUT2D eigenvalue weighted by molar-refractivity contribution is 0.0697. The average molecular weight is 306 g/mol. The topological polar surface area (TPSA) is 46.5 Å². The van der Waals surface area contributed by atoms with Gasteiger partial charge >= 0.3 is 5.97 Å². The van der Waals surface area contributed by atoms with Crippen LogP contribution in [0.5, 0.6) is 5.75 Å². The number of benzene rings is 2. The molecule has 0 aliphatic heterocycles. The highest BCUT2D eigenvalue weighted by Crippen LogP contribution is 2.20. The Hall–Kier alpha value is -2.43. The lowest BCUT2D eigenvalue weighted by Crippen LogP contribution is -2.04. The highest BCUT2D eigenvalue weighted by Gasteiger charge is 2.13. The van der Waals surface area contributed by atoms with Gasteiger partial charge in [-0.3, -0.25) is 0 Å². The van der Waals surface area contributed by atoms with Gasteiger partial charge in [-0.05, 0) is 36.2 Å². The molecule has 5 heteroatoms. The number of ether oxygens (including phenoxy) is 1. The third-order valence-corrected chi connectivity index (χ3v) is 3.26. The van der Waals surface area contributed by atoms with Gasteiger partial charge in [-0.15, -0.1) is 0 Å². The Balaban J connectivity index is 2.08. The van der Waals surface area contributed by atoms with Gasteiger partial charge in [0.1, 0.15) is 12.4 Å². The summed E-state index contributed by atoms with van der Waals surface area (Å²) >= 11 is 0. The lowest BCUT2D eigenvalue weighted by Gasteiger charge is -2.10. The fourth-order valence-electron chi connectivity index (χ4n) is 2.06. The molecular formula is C17H16F2O3. The van der Waals surface area contributed by atoms with E-state index in [1.165, 1.54) is 30.3 Å². The van der Waals surface area contributed by atoms with Gasteiger partial charge in [0.05, 0.1) is 5.56 Å². The van der Waals surface area contributed by atoms with E-state index in [0.717, 1.165) is 6.42 Å². The van der Waals surface area contributed by atoms with Crippen molar-refractivity contribution in [2.45, 2.75) is 26.4 Å². The molecule has 3 nitrogen and oxygen atoms in total. The number of hydrogen-bond donors (Lipinski definition) is 1. The average Bonchev–Trinajstić information content (AvgIpc) is 2.51. The molecule has 2 aromatic rings. The molecule has 0 saturated heterocycles. The van der Waals surface area contributed by atoms with E-state index in [9.17, 15) is 13.6 Å². The van der Waals surface area contributed by atoms with Crippen molar-refractivity contribution in [3.8, 4) is 5.75 Å². The number of halogens is 2. The van der Waals surface area contributed by atoms with E-state index in [0.29, 0.717) is 17.7 Å². The van der Waals surface area contributed by atoms with Crippen molar-refractivity contribution in [2.24, 2.45) is 0 Å². The molecular weight excluding hydrogens is 290 g/mol. The number of carboxylic acid groups (broad SMARTS) is 1. The van der Waals surface area contributed by atoms with E-state index in [4.69, 9.17) is 9.84 Å². The van der Waals surface area contributed by atoms with Crippen LogP contribution < -0.4 is 4.74 Å². The van der Waals surface area contributed by atoms with E-state index in [2.05, 4.69) is 0 Å². The van der Waals surface area contributed by atoms with Crippen LogP contribution in [0.15, 0.2) is 36.4 Å². The van der Waals surface area contributed by atoms with Gasteiger partial charge < -0.3 is 9.84 Å². The summed E-state index contributed by atoms with van der Waals surface area (Å²) in [6.45, 7) is 1.77. The summed E-state index contributed by atoms with van der Waals surface area (Å²) in [4.78, 5) is 10.7. The van der Waals surface area contributed by atoms with E-state index in [1.807, 2.05) is 6.92 Å². The SMILES string of the molecule is CCCc1ccc(COc2ccc(C(=O)O)cc2)c(F)c1F. The summed E-state index contributed by atoms with van der Waals surface area (Å²) in [5.74, 6) is -2.37. The number of carboxylic acids is 1. The van der Waals surface area contributed by atoms with Crippen molar-refractivity contribution in [1.82, 2.24) is 0 Å². The van der Waals surface area contributed by atoms with Crippen LogP contribution in [0, 0.1) is 11.6 Å². The van der Waals surface area contributed by atoms with Gasteiger partial charge in [0, 0.05) is 5.56 Å². The molecule has 1 N–H and O–H groups in total. The molecule has 0 unspecified atom stereocenters. The molecule has 0 heterocycles. The largest absolute Gasteiger partial charge is 0.489 e. The Labute approximate surface area is 127 Å². The number of aryl methyl sites for hydroxylation is 1. The fourth-order valence-corrected chi connectivity index (χ4v) is 2.06. The Morgan fingerprint density at radius 1 is 1.05 bits per heavy atom. The van der Waals surface area contributed by atoms with Crippen molar-refractivity contribution < 1.29 is 23.4 Å². The van der Waals surface area contributed by atoms with Crippen LogP contribution in [0.2, 0.25) is 0 Å². The van der Waals surface area contributed by atoms with Crippen molar-refractivity contribution in [3.05, 3.63) is 64.7 Å². The highest BCUT2D eigenvalue weighted by molar-refractivity contribution is 5.87. The molecule has 2 rings (SSSR count). The maximum atomic E-state index is 13.9. The zero-order valence-corrected chi connectivity index (χ0v) is 12.1. The van der Waals surface area contributed by atoms with Crippen LogP contribution in [0.25, 0.3) is 0 Å². The van der Waals surface area contributed by atoms with Gasteiger partial charge in [0.2, 0.25) is 0 Å². The van der Waals surface area contributed by atoms with Gasteiger partial charge in [0.15, 0.2) is 11.6 Å². The van der Waals surface area contributed by atoms with Crippen LogP contribution in [-0.2, 0) is 13.0 Å². The van der Waals surface area contributed by atoms with E-state index in [1.54, 1.807) is 6.07 Å². The Kier molecular flexibility index (Phi) is 5.09. The molecule has 0 fully saturated rings. The molecule has 0 radical (unpaired) electrons. The van der Waals surface area contributed by atoms with Gasteiger partial charge in [-0.1, -0.05) is 25.5 Å². The fraction of sp³-hybridized carbons (Fsp3) is 0.235. The Morgan fingerprint density at radius 2 is 1.64 bits per heavy atom. The third kappa shape index (κ3) is 3.61. The van der Waals surface area contributed by atoms with Crippen molar-refractivity contribution in [3.63, 3.8) is 0 Å². The van der Waals surface area contributed by atoms with Crippen LogP contribution >= 0.6 is 0 Å². The van der Waals surface area contributed by atoms with Crippen LogP contribution in [0.1, 0.15) is 34.8 Å². The monoisotopic (exact) mass is 306 g/mol. The minimum atomic E-state index is -1.04. The first-order valence-corrected chi connectivity index (χ1v) is 6.94. The minimum absolute atomic E-state index is 0.123. The molecule has 0 bridgehead atoms. The summed E-state index contributed by atoms with van der Waals surface area (Å²) in [6, 6.07) is 8.80. The van der Waals surface area contributed by atoms with Crippen molar-refractivity contribution in [1.29, 1.82) is 0 Å². The van der Waals surface area contributed by atoms with Gasteiger partial charge in [-0.25, -0.2) is 13.6 Å². The highest BCUT2D eigenvalue weighted by atomic mass is 19.2. The molecule has 2 aromatic carbocycles. The molecule has 0 aliphatic carbocycles. The van der Waals surface area contributed by atoms with E-state index >= 15 is 0 Å². The van der Waals surface area contributed by atoms with Crippen LogP contribution in [0.4, 0.5) is 8.78 Å². The first-order chi connectivity index (χ1) is 10.5. The number of rotatable bonds is 6. The second-order valence-corrected chi connectivity index (χ2v) is 4.88. The number of hydrogen-bond acceptors (Lipinski definition) is 2. The summed E-state index contributed by atoms with van der Waals surface area (Å²) in [5, 5.41) is 8.79. The summed E-state index contributed by atoms with van der Waals surface area (Å²) in [7, 11) is 0. The predicted octanol–water partition coefficient (Wildman–Crippen LogP) is 4.19. The molecule has 0 atom stereocenters. The molecule has 0 amide bonds. The van der Waals surface area contributed by atoms with E-state index in [-0.39, 0.29) is 17.7 Å². The van der Waals surface area contributed by atoms with Crippen LogP contribution in [0.3, 0.4) is 0 Å². The first kappa shape index (κ1) is 15.9. The smallest absolute Gasteiger partial charge is 0.335 e. The first-order valence-electron chi connectivity index (χ1n) is 6.94. The zero-order chi connectivity index (χ0) is 16.1. The minimum Gasteiger partial charge on any atom is -0.489 e. The molecule has 0 aliphatic rings. The lowest BCUT2D eigenvalue weighted by atomic mass is 10.1. The number of carbonyl (C=O) groups is 1. The molecule has 0 spiro atoms. The Bertz CT molecular complexity index is 666. The number of aromatic carboxylic acids is 1.